The Labute approximate surface area is 135 Å². The number of rotatable bonds is 4. The van der Waals surface area contributed by atoms with Crippen LogP contribution < -0.4 is 5.32 Å². The summed E-state index contributed by atoms with van der Waals surface area (Å²) in [5.74, 6) is -0.149. The molecule has 2 amide bonds. The molecule has 1 N–H and O–H groups in total. The number of halogens is 1. The molecule has 0 saturated carbocycles. The van der Waals surface area contributed by atoms with Crippen molar-refractivity contribution in [3.8, 4) is 0 Å². The molecule has 20 heavy (non-hydrogen) atoms. The molecule has 1 saturated heterocycles. The number of hydrogen-bond acceptors (Lipinski definition) is 4. The van der Waals surface area contributed by atoms with E-state index >= 15 is 0 Å². The highest BCUT2D eigenvalue weighted by Crippen LogP contribution is 2.26. The average molecular weight is 373 g/mol. The van der Waals surface area contributed by atoms with Crippen LogP contribution in [0.15, 0.2) is 28.7 Å². The fraction of sp³-hybridized carbons (Fsp3) is 0.308. The van der Waals surface area contributed by atoms with Crippen LogP contribution in [0.5, 0.6) is 0 Å². The number of carbonyl (C=O) groups is 2. The molecule has 7 heteroatoms. The number of nitrogens with one attached hydrogen (secondary N) is 1. The third-order valence-electron chi connectivity index (χ3n) is 2.80. The van der Waals surface area contributed by atoms with Crippen LogP contribution in [-0.2, 0) is 9.59 Å². The van der Waals surface area contributed by atoms with Crippen LogP contribution in [0.25, 0.3) is 0 Å². The van der Waals surface area contributed by atoms with Crippen LogP contribution in [0.2, 0.25) is 0 Å². The Morgan fingerprint density at radius 1 is 1.45 bits per heavy atom. The molecule has 1 fully saturated rings. The van der Waals surface area contributed by atoms with Gasteiger partial charge in [-0.05, 0) is 31.2 Å². The SMILES string of the molecule is CC1SC(=S)N(CCC(=O)Nc2ccc(Br)cc2)C1=O. The highest BCUT2D eigenvalue weighted by atomic mass is 79.9. The summed E-state index contributed by atoms with van der Waals surface area (Å²) in [6.07, 6.45) is 0.231. The monoisotopic (exact) mass is 372 g/mol. The van der Waals surface area contributed by atoms with Gasteiger partial charge in [-0.2, -0.15) is 0 Å². The minimum Gasteiger partial charge on any atom is -0.326 e. The molecule has 0 aliphatic carbocycles. The number of amides is 2. The van der Waals surface area contributed by atoms with E-state index < -0.39 is 0 Å². The summed E-state index contributed by atoms with van der Waals surface area (Å²) in [5, 5.41) is 2.64. The van der Waals surface area contributed by atoms with Crippen molar-refractivity contribution in [1.29, 1.82) is 0 Å². The molecular formula is C13H13BrN2O2S2. The van der Waals surface area contributed by atoms with Gasteiger partial charge in [0.15, 0.2) is 0 Å². The number of nitrogens with zero attached hydrogens (tertiary/aromatic N) is 1. The third kappa shape index (κ3) is 3.80. The molecule has 1 unspecified atom stereocenters. The van der Waals surface area contributed by atoms with Crippen LogP contribution in [0.4, 0.5) is 5.69 Å². The number of thioether (sulfide) groups is 1. The molecule has 1 aliphatic rings. The van der Waals surface area contributed by atoms with Crippen molar-refractivity contribution in [2.75, 3.05) is 11.9 Å². The first kappa shape index (κ1) is 15.5. The van der Waals surface area contributed by atoms with E-state index in [4.69, 9.17) is 12.2 Å². The number of thiocarbonyl (C=S) groups is 1. The zero-order chi connectivity index (χ0) is 14.7. The Morgan fingerprint density at radius 3 is 2.65 bits per heavy atom. The summed E-state index contributed by atoms with van der Waals surface area (Å²) in [7, 11) is 0. The Kier molecular flexibility index (Phi) is 5.17. The van der Waals surface area contributed by atoms with Crippen molar-refractivity contribution in [3.63, 3.8) is 0 Å². The molecule has 1 aromatic rings. The summed E-state index contributed by atoms with van der Waals surface area (Å²) in [6, 6.07) is 7.33. The molecule has 2 rings (SSSR count). The molecular weight excluding hydrogens is 360 g/mol. The molecule has 0 bridgehead atoms. The average Bonchev–Trinajstić information content (AvgIpc) is 2.64. The van der Waals surface area contributed by atoms with E-state index in [1.165, 1.54) is 16.7 Å². The summed E-state index contributed by atoms with van der Waals surface area (Å²) >= 11 is 9.82. The second-order valence-corrected chi connectivity index (χ2v) is 7.21. The van der Waals surface area contributed by atoms with Gasteiger partial charge in [-0.3, -0.25) is 14.5 Å². The lowest BCUT2D eigenvalue weighted by Gasteiger charge is -2.14. The van der Waals surface area contributed by atoms with E-state index in [1.54, 1.807) is 0 Å². The number of carbonyl (C=O) groups excluding carboxylic acids is 2. The van der Waals surface area contributed by atoms with Crippen molar-refractivity contribution < 1.29 is 9.59 Å². The maximum Gasteiger partial charge on any atom is 0.241 e. The molecule has 106 valence electrons. The summed E-state index contributed by atoms with van der Waals surface area (Å²) in [5.41, 5.74) is 0.733. The smallest absolute Gasteiger partial charge is 0.241 e. The number of hydrogen-bond donors (Lipinski definition) is 1. The van der Waals surface area contributed by atoms with Gasteiger partial charge in [0.1, 0.15) is 4.32 Å². The zero-order valence-corrected chi connectivity index (χ0v) is 14.0. The van der Waals surface area contributed by atoms with Gasteiger partial charge in [0.05, 0.1) is 5.25 Å². The van der Waals surface area contributed by atoms with Crippen molar-refractivity contribution in [3.05, 3.63) is 28.7 Å². The maximum atomic E-state index is 11.8. The molecule has 0 spiro atoms. The maximum absolute atomic E-state index is 11.8. The van der Waals surface area contributed by atoms with Crippen LogP contribution in [0.3, 0.4) is 0 Å². The van der Waals surface area contributed by atoms with E-state index in [1.807, 2.05) is 31.2 Å². The molecule has 1 aromatic carbocycles. The van der Waals surface area contributed by atoms with E-state index in [0.29, 0.717) is 10.9 Å². The normalized spacial score (nSPS) is 18.5. The Morgan fingerprint density at radius 2 is 2.10 bits per heavy atom. The van der Waals surface area contributed by atoms with Gasteiger partial charge in [-0.15, -0.1) is 0 Å². The predicted octanol–water partition coefficient (Wildman–Crippen LogP) is 3.03. The van der Waals surface area contributed by atoms with Gasteiger partial charge < -0.3 is 5.32 Å². The van der Waals surface area contributed by atoms with E-state index in [9.17, 15) is 9.59 Å². The standard InChI is InChI=1S/C13H13BrN2O2S2/c1-8-12(18)16(13(19)20-8)7-6-11(17)15-10-4-2-9(14)3-5-10/h2-5,8H,6-7H2,1H3,(H,15,17). The van der Waals surface area contributed by atoms with Gasteiger partial charge in [0.25, 0.3) is 0 Å². The lowest BCUT2D eigenvalue weighted by Crippen LogP contribution is -2.33. The minimum atomic E-state index is -0.142. The second-order valence-electron chi connectivity index (χ2n) is 4.32. The molecule has 1 heterocycles. The highest BCUT2D eigenvalue weighted by molar-refractivity contribution is 9.10. The lowest BCUT2D eigenvalue weighted by molar-refractivity contribution is -0.126. The van der Waals surface area contributed by atoms with Crippen molar-refractivity contribution >= 4 is 61.7 Å². The van der Waals surface area contributed by atoms with Gasteiger partial charge in [0, 0.05) is 23.1 Å². The highest BCUT2D eigenvalue weighted by Gasteiger charge is 2.33. The molecule has 1 aliphatic heterocycles. The minimum absolute atomic E-state index is 0.0172. The zero-order valence-electron chi connectivity index (χ0n) is 10.8. The van der Waals surface area contributed by atoms with Crippen LogP contribution in [0.1, 0.15) is 13.3 Å². The molecule has 4 nitrogen and oxygen atoms in total. The number of anilines is 1. The van der Waals surface area contributed by atoms with Gasteiger partial charge >= 0.3 is 0 Å². The summed E-state index contributed by atoms with van der Waals surface area (Å²) in [4.78, 5) is 25.1. The van der Waals surface area contributed by atoms with Crippen molar-refractivity contribution in [2.45, 2.75) is 18.6 Å². The molecule has 1 atom stereocenters. The van der Waals surface area contributed by atoms with Gasteiger partial charge in [-0.25, -0.2) is 0 Å². The Balaban J connectivity index is 1.85. The van der Waals surface area contributed by atoms with Crippen LogP contribution in [0, 0.1) is 0 Å². The Bertz CT molecular complexity index is 548. The Hall–Kier alpha value is -0.920. The fourth-order valence-corrected chi connectivity index (χ4v) is 3.46. The second kappa shape index (κ2) is 6.69. The third-order valence-corrected chi connectivity index (χ3v) is 4.82. The van der Waals surface area contributed by atoms with E-state index in [-0.39, 0.29) is 23.5 Å². The van der Waals surface area contributed by atoms with Gasteiger partial charge in [0.2, 0.25) is 11.8 Å². The quantitative estimate of drug-likeness (QED) is 0.825. The first-order valence-corrected chi connectivity index (χ1v) is 8.13. The largest absolute Gasteiger partial charge is 0.326 e. The van der Waals surface area contributed by atoms with Crippen molar-refractivity contribution in [1.82, 2.24) is 4.90 Å². The molecule has 0 aromatic heterocycles. The first-order chi connectivity index (χ1) is 9.47. The van der Waals surface area contributed by atoms with Crippen LogP contribution in [-0.4, -0.2) is 32.8 Å². The fourth-order valence-electron chi connectivity index (χ4n) is 1.75. The summed E-state index contributed by atoms with van der Waals surface area (Å²) in [6.45, 7) is 2.15. The van der Waals surface area contributed by atoms with Gasteiger partial charge in [-0.1, -0.05) is 39.9 Å². The van der Waals surface area contributed by atoms with Crippen molar-refractivity contribution in [2.24, 2.45) is 0 Å². The lowest BCUT2D eigenvalue weighted by atomic mass is 10.3. The van der Waals surface area contributed by atoms with E-state index in [2.05, 4.69) is 21.2 Å². The number of benzene rings is 1. The topological polar surface area (TPSA) is 49.4 Å². The van der Waals surface area contributed by atoms with Crippen LogP contribution >= 0.6 is 39.9 Å². The molecule has 0 radical (unpaired) electrons. The predicted molar refractivity (Wildman–Crippen MR) is 88.8 cm³/mol. The first-order valence-electron chi connectivity index (χ1n) is 6.05. The van der Waals surface area contributed by atoms with E-state index in [0.717, 1.165) is 10.2 Å². The summed E-state index contributed by atoms with van der Waals surface area (Å²) < 4.78 is 1.51.